The van der Waals surface area contributed by atoms with Gasteiger partial charge in [-0.25, -0.2) is 0 Å². The summed E-state index contributed by atoms with van der Waals surface area (Å²) in [7, 11) is 0. The van der Waals surface area contributed by atoms with Crippen LogP contribution in [0.25, 0.3) is 0 Å². The third-order valence-corrected chi connectivity index (χ3v) is 4.97. The highest BCUT2D eigenvalue weighted by atomic mass is 16.5. The van der Waals surface area contributed by atoms with Crippen molar-refractivity contribution in [3.63, 3.8) is 0 Å². The van der Waals surface area contributed by atoms with E-state index >= 15 is 0 Å². The van der Waals surface area contributed by atoms with Gasteiger partial charge in [0.15, 0.2) is 0 Å². The van der Waals surface area contributed by atoms with Crippen LogP contribution in [0.4, 0.5) is 0 Å². The third-order valence-electron chi connectivity index (χ3n) is 4.97. The lowest BCUT2D eigenvalue weighted by Crippen LogP contribution is -2.33. The Kier molecular flexibility index (Phi) is 5.48. The molecule has 0 N–H and O–H groups in total. The van der Waals surface area contributed by atoms with Gasteiger partial charge in [0.2, 0.25) is 0 Å². The molecular weight excluding hydrogens is 256 g/mol. The summed E-state index contributed by atoms with van der Waals surface area (Å²) >= 11 is 0. The monoisotopic (exact) mass is 288 g/mol. The van der Waals surface area contributed by atoms with Crippen molar-refractivity contribution in [3.8, 4) is 0 Å². The third kappa shape index (κ3) is 4.85. The summed E-state index contributed by atoms with van der Waals surface area (Å²) in [6, 6.07) is 0. The van der Waals surface area contributed by atoms with E-state index in [0.717, 1.165) is 19.3 Å². The van der Waals surface area contributed by atoms with Crippen LogP contribution in [0.2, 0.25) is 0 Å². The maximum absolute atomic E-state index is 6.52. The molecule has 0 aromatic rings. The molecule has 3 atom stereocenters. The van der Waals surface area contributed by atoms with Gasteiger partial charge in [-0.15, -0.1) is 0 Å². The van der Waals surface area contributed by atoms with Crippen LogP contribution in [0.1, 0.15) is 66.7 Å². The number of rotatable bonds is 1. The molecule has 0 saturated carbocycles. The van der Waals surface area contributed by atoms with Crippen LogP contribution in [0, 0.1) is 11.8 Å². The largest absolute Gasteiger partial charge is 0.364 e. The minimum atomic E-state index is -0.122. The summed E-state index contributed by atoms with van der Waals surface area (Å²) in [5.41, 5.74) is 2.83. The summed E-state index contributed by atoms with van der Waals surface area (Å²) < 4.78 is 6.52. The average Bonchev–Trinajstić information content (AvgIpc) is 2.35. The highest BCUT2D eigenvalue weighted by molar-refractivity contribution is 5.14. The summed E-state index contributed by atoms with van der Waals surface area (Å²) in [5, 5.41) is 0. The maximum atomic E-state index is 6.52. The van der Waals surface area contributed by atoms with Crippen molar-refractivity contribution in [2.45, 2.75) is 78.4 Å². The minimum Gasteiger partial charge on any atom is -0.364 e. The second-order valence-corrected chi connectivity index (χ2v) is 7.58. The van der Waals surface area contributed by atoms with Gasteiger partial charge in [0, 0.05) is 0 Å². The van der Waals surface area contributed by atoms with Gasteiger partial charge in [-0.2, -0.15) is 0 Å². The molecule has 0 saturated heterocycles. The van der Waals surface area contributed by atoms with Gasteiger partial charge >= 0.3 is 0 Å². The fraction of sp³-hybridized carbons (Fsp3) is 0.700. The van der Waals surface area contributed by atoms with Crippen molar-refractivity contribution in [2.75, 3.05) is 0 Å². The summed E-state index contributed by atoms with van der Waals surface area (Å²) in [5.74, 6) is 1.36. The number of hydrogen-bond acceptors (Lipinski definition) is 1. The summed E-state index contributed by atoms with van der Waals surface area (Å²) in [6.07, 6.45) is 15.5. The molecule has 0 radical (unpaired) electrons. The van der Waals surface area contributed by atoms with Crippen LogP contribution < -0.4 is 0 Å². The first-order valence-corrected chi connectivity index (χ1v) is 8.58. The Morgan fingerprint density at radius 2 is 2.00 bits per heavy atom. The van der Waals surface area contributed by atoms with Gasteiger partial charge < -0.3 is 4.74 Å². The predicted molar refractivity (Wildman–Crippen MR) is 91.3 cm³/mol. The number of hydrogen-bond donors (Lipinski definition) is 0. The van der Waals surface area contributed by atoms with E-state index < -0.39 is 0 Å². The molecule has 2 heterocycles. The van der Waals surface area contributed by atoms with Crippen LogP contribution in [0.5, 0.6) is 0 Å². The van der Waals surface area contributed by atoms with E-state index in [0.29, 0.717) is 11.8 Å². The maximum Gasteiger partial charge on any atom is 0.0845 e. The van der Waals surface area contributed by atoms with Gasteiger partial charge in [0.1, 0.15) is 0 Å². The van der Waals surface area contributed by atoms with E-state index in [-0.39, 0.29) is 11.7 Å². The molecule has 2 bridgehead atoms. The molecule has 2 rings (SSSR count). The van der Waals surface area contributed by atoms with Crippen molar-refractivity contribution >= 4 is 0 Å². The van der Waals surface area contributed by atoms with Crippen LogP contribution in [-0.2, 0) is 4.74 Å². The van der Waals surface area contributed by atoms with Gasteiger partial charge in [0.25, 0.3) is 0 Å². The Bertz CT molecular complexity index is 441. The lowest BCUT2D eigenvalue weighted by atomic mass is 9.85. The van der Waals surface area contributed by atoms with E-state index in [1.54, 1.807) is 0 Å². The smallest absolute Gasteiger partial charge is 0.0845 e. The summed E-state index contributed by atoms with van der Waals surface area (Å²) in [6.45, 7) is 11.4. The quantitative estimate of drug-likeness (QED) is 0.552. The first-order valence-electron chi connectivity index (χ1n) is 8.58. The van der Waals surface area contributed by atoms with Gasteiger partial charge in [-0.3, -0.25) is 0 Å². The average molecular weight is 288 g/mol. The number of allylic oxidation sites excluding steroid dienone is 3. The first kappa shape index (κ1) is 16.5. The Labute approximate surface area is 131 Å². The molecule has 0 spiro atoms. The minimum absolute atomic E-state index is 0.122. The normalized spacial score (nSPS) is 34.8. The van der Waals surface area contributed by atoms with Crippen LogP contribution in [-0.4, -0.2) is 11.7 Å². The Hall–Kier alpha value is -0.820. The lowest BCUT2D eigenvalue weighted by Gasteiger charge is -2.34. The fourth-order valence-corrected chi connectivity index (χ4v) is 3.44. The second kappa shape index (κ2) is 6.96. The predicted octanol–water partition coefficient (Wildman–Crippen LogP) is 5.83. The molecule has 1 heteroatoms. The van der Waals surface area contributed by atoms with Gasteiger partial charge in [-0.1, -0.05) is 49.3 Å². The highest BCUT2D eigenvalue weighted by Gasteiger charge is 2.28. The zero-order valence-corrected chi connectivity index (χ0v) is 14.5. The van der Waals surface area contributed by atoms with Crippen LogP contribution >= 0.6 is 0 Å². The van der Waals surface area contributed by atoms with Crippen LogP contribution in [0.3, 0.4) is 0 Å². The summed E-state index contributed by atoms with van der Waals surface area (Å²) in [4.78, 5) is 0. The second-order valence-electron chi connectivity index (χ2n) is 7.58. The van der Waals surface area contributed by atoms with E-state index in [2.05, 4.69) is 58.9 Å². The molecule has 1 nitrogen and oxygen atoms in total. The van der Waals surface area contributed by atoms with Crippen molar-refractivity contribution in [1.82, 2.24) is 0 Å². The fourth-order valence-electron chi connectivity index (χ4n) is 3.44. The molecular formula is C20H32O. The van der Waals surface area contributed by atoms with Crippen LogP contribution in [0.15, 0.2) is 35.5 Å². The topological polar surface area (TPSA) is 9.23 Å². The zero-order valence-electron chi connectivity index (χ0n) is 14.5. The Morgan fingerprint density at radius 1 is 1.24 bits per heavy atom. The van der Waals surface area contributed by atoms with Crippen molar-refractivity contribution < 1.29 is 4.74 Å². The van der Waals surface area contributed by atoms with E-state index in [4.69, 9.17) is 4.74 Å². The van der Waals surface area contributed by atoms with Crippen molar-refractivity contribution in [3.05, 3.63) is 35.5 Å². The Morgan fingerprint density at radius 3 is 2.71 bits per heavy atom. The molecule has 118 valence electrons. The number of fused-ring (bicyclic) bond motifs is 2. The zero-order chi connectivity index (χ0) is 15.5. The highest BCUT2D eigenvalue weighted by Crippen LogP contribution is 2.32. The molecule has 2 aliphatic rings. The van der Waals surface area contributed by atoms with E-state index in [1.165, 1.54) is 24.0 Å². The van der Waals surface area contributed by atoms with Gasteiger partial charge in [-0.05, 0) is 64.7 Å². The molecule has 0 aliphatic carbocycles. The molecule has 21 heavy (non-hydrogen) atoms. The van der Waals surface area contributed by atoms with E-state index in [1.807, 2.05) is 0 Å². The van der Waals surface area contributed by atoms with Crippen molar-refractivity contribution in [2.24, 2.45) is 11.8 Å². The molecule has 0 aromatic heterocycles. The van der Waals surface area contributed by atoms with Crippen molar-refractivity contribution in [1.29, 1.82) is 0 Å². The Balaban J connectivity index is 2.31. The number of ether oxygens (including phenoxy) is 1. The molecule has 3 unspecified atom stereocenters. The molecule has 0 amide bonds. The standard InChI is InChI=1S/C20H32O/c1-15(2)18-9-8-17(4)14-19-13-16(3)7-6-11-20(5,21-19)12-10-18/h7,10,12,14-15,18-19H,6,8-9,11,13H2,1-5H3. The van der Waals surface area contributed by atoms with Gasteiger partial charge in [0.05, 0.1) is 11.7 Å². The van der Waals surface area contributed by atoms with E-state index in [9.17, 15) is 0 Å². The first-order chi connectivity index (χ1) is 9.88. The molecule has 2 aliphatic heterocycles. The lowest BCUT2D eigenvalue weighted by molar-refractivity contribution is -0.0373. The molecule has 0 fully saturated rings. The SMILES string of the molecule is CC1=CC2CC(C)=CCCC(C)(C=CC(C(C)C)CC1)O2. The molecule has 0 aromatic carbocycles.